The topological polar surface area (TPSA) is 98.1 Å². The number of para-hydroxylation sites is 1. The van der Waals surface area contributed by atoms with E-state index >= 15 is 0 Å². The van der Waals surface area contributed by atoms with E-state index in [-0.39, 0.29) is 18.1 Å². The van der Waals surface area contributed by atoms with Crippen molar-refractivity contribution in [3.63, 3.8) is 0 Å². The minimum Gasteiger partial charge on any atom is -0.434 e. The molecule has 8 nitrogen and oxygen atoms in total. The number of benzene rings is 2. The van der Waals surface area contributed by atoms with Gasteiger partial charge < -0.3 is 14.6 Å². The summed E-state index contributed by atoms with van der Waals surface area (Å²) < 4.78 is 31.7. The maximum absolute atomic E-state index is 12.7. The number of nitrogens with one attached hydrogen (secondary N) is 2. The molecule has 4 rings (SSSR count). The van der Waals surface area contributed by atoms with E-state index in [1.807, 2.05) is 0 Å². The highest BCUT2D eigenvalue weighted by Gasteiger charge is 2.15. The Morgan fingerprint density at radius 2 is 1.97 bits per heavy atom. The summed E-state index contributed by atoms with van der Waals surface area (Å²) in [5, 5.41) is 7.39. The molecular weight excluding hydrogens is 464 g/mol. The Kier molecular flexibility index (Phi) is 7.23. The van der Waals surface area contributed by atoms with Crippen LogP contribution in [-0.4, -0.2) is 33.0 Å². The second kappa shape index (κ2) is 10.7. The standard InChI is InChI=1S/C23H19F2N5O3S/c24-22(25)33-19-7-2-1-6-17(19)18-13-34-23(28-18)29-21(32)15-4-3-5-16(12-15)27-20(31)8-10-30-11-9-26-14-30/h1-7,9,11-14,22H,8,10H2,(H,27,31)(H,28,29,32). The van der Waals surface area contributed by atoms with Gasteiger partial charge in [0.25, 0.3) is 5.91 Å². The lowest BCUT2D eigenvalue weighted by atomic mass is 10.1. The first-order chi connectivity index (χ1) is 16.5. The van der Waals surface area contributed by atoms with Crippen LogP contribution < -0.4 is 15.4 Å². The molecule has 0 spiro atoms. The lowest BCUT2D eigenvalue weighted by Crippen LogP contribution is -2.15. The van der Waals surface area contributed by atoms with Crippen LogP contribution in [0, 0.1) is 0 Å². The van der Waals surface area contributed by atoms with Crippen LogP contribution in [-0.2, 0) is 11.3 Å². The molecule has 0 saturated heterocycles. The van der Waals surface area contributed by atoms with Gasteiger partial charge in [-0.25, -0.2) is 9.97 Å². The van der Waals surface area contributed by atoms with E-state index in [4.69, 9.17) is 0 Å². The summed E-state index contributed by atoms with van der Waals surface area (Å²) in [7, 11) is 0. The summed E-state index contributed by atoms with van der Waals surface area (Å²) in [5.41, 5.74) is 1.60. The number of carbonyl (C=O) groups excluding carboxylic acids is 2. The van der Waals surface area contributed by atoms with Gasteiger partial charge in [-0.1, -0.05) is 18.2 Å². The number of rotatable bonds is 9. The number of amides is 2. The third kappa shape index (κ3) is 6.01. The van der Waals surface area contributed by atoms with Crippen molar-refractivity contribution in [2.24, 2.45) is 0 Å². The smallest absolute Gasteiger partial charge is 0.387 e. The van der Waals surface area contributed by atoms with Gasteiger partial charge in [0.15, 0.2) is 5.13 Å². The molecule has 2 aromatic heterocycles. The highest BCUT2D eigenvalue weighted by atomic mass is 32.1. The largest absolute Gasteiger partial charge is 0.434 e. The quantitative estimate of drug-likeness (QED) is 0.353. The molecule has 2 N–H and O–H groups in total. The van der Waals surface area contributed by atoms with E-state index in [0.29, 0.717) is 34.2 Å². The van der Waals surface area contributed by atoms with Crippen LogP contribution in [0.2, 0.25) is 0 Å². The lowest BCUT2D eigenvalue weighted by molar-refractivity contribution is -0.116. The first-order valence-electron chi connectivity index (χ1n) is 10.1. The Bertz CT molecular complexity index is 1280. The summed E-state index contributed by atoms with van der Waals surface area (Å²) in [5.74, 6) is -0.620. The van der Waals surface area contributed by atoms with Crippen LogP contribution in [0.15, 0.2) is 72.6 Å². The molecule has 2 amide bonds. The number of aromatic nitrogens is 3. The fraction of sp³-hybridized carbons (Fsp3) is 0.130. The highest BCUT2D eigenvalue weighted by molar-refractivity contribution is 7.14. The van der Waals surface area contributed by atoms with Crippen molar-refractivity contribution in [1.29, 1.82) is 0 Å². The number of halogens is 2. The molecule has 0 radical (unpaired) electrons. The number of imidazole rings is 1. The van der Waals surface area contributed by atoms with Gasteiger partial charge in [0.05, 0.1) is 12.0 Å². The zero-order valence-corrected chi connectivity index (χ0v) is 18.5. The van der Waals surface area contributed by atoms with Gasteiger partial charge in [-0.3, -0.25) is 14.9 Å². The Morgan fingerprint density at radius 3 is 2.76 bits per heavy atom. The summed E-state index contributed by atoms with van der Waals surface area (Å²) in [6, 6.07) is 12.8. The maximum Gasteiger partial charge on any atom is 0.387 e. The molecule has 0 bridgehead atoms. The number of alkyl halides is 2. The molecule has 174 valence electrons. The number of anilines is 2. The third-order valence-electron chi connectivity index (χ3n) is 4.67. The van der Waals surface area contributed by atoms with E-state index in [0.717, 1.165) is 11.3 Å². The summed E-state index contributed by atoms with van der Waals surface area (Å²) >= 11 is 1.15. The molecule has 34 heavy (non-hydrogen) atoms. The van der Waals surface area contributed by atoms with Crippen molar-refractivity contribution in [1.82, 2.24) is 14.5 Å². The minimum absolute atomic E-state index is 0.00263. The van der Waals surface area contributed by atoms with Crippen LogP contribution >= 0.6 is 11.3 Å². The molecule has 0 saturated carbocycles. The van der Waals surface area contributed by atoms with Crippen LogP contribution in [0.1, 0.15) is 16.8 Å². The van der Waals surface area contributed by atoms with Crippen molar-refractivity contribution < 1.29 is 23.1 Å². The average molecular weight is 484 g/mol. The van der Waals surface area contributed by atoms with Gasteiger partial charge in [0, 0.05) is 47.6 Å². The Morgan fingerprint density at radius 1 is 1.12 bits per heavy atom. The Labute approximate surface area is 197 Å². The number of ether oxygens (including phenoxy) is 1. The molecule has 0 aliphatic heterocycles. The summed E-state index contributed by atoms with van der Waals surface area (Å²) in [6.45, 7) is -2.47. The van der Waals surface area contributed by atoms with Crippen LogP contribution in [0.25, 0.3) is 11.3 Å². The van der Waals surface area contributed by atoms with Crippen molar-refractivity contribution in [3.8, 4) is 17.0 Å². The van der Waals surface area contributed by atoms with Gasteiger partial charge >= 0.3 is 6.61 Å². The van der Waals surface area contributed by atoms with Crippen molar-refractivity contribution >= 4 is 34.0 Å². The zero-order chi connectivity index (χ0) is 23.9. The number of aryl methyl sites for hydroxylation is 1. The SMILES string of the molecule is O=C(CCn1ccnc1)Nc1cccc(C(=O)Nc2nc(-c3ccccc3OC(F)F)cs2)c1. The third-order valence-corrected chi connectivity index (χ3v) is 5.43. The van der Waals surface area contributed by atoms with Gasteiger partial charge in [0.1, 0.15) is 5.75 Å². The predicted molar refractivity (Wildman–Crippen MR) is 124 cm³/mol. The molecule has 2 aromatic carbocycles. The number of thiazole rings is 1. The zero-order valence-electron chi connectivity index (χ0n) is 17.7. The first kappa shape index (κ1) is 23.1. The van der Waals surface area contributed by atoms with Crippen LogP contribution in [0.5, 0.6) is 5.75 Å². The molecule has 2 heterocycles. The molecular formula is C23H19F2N5O3S. The maximum atomic E-state index is 12.7. The lowest BCUT2D eigenvalue weighted by Gasteiger charge is -2.09. The van der Waals surface area contributed by atoms with Gasteiger partial charge in [-0.2, -0.15) is 8.78 Å². The van der Waals surface area contributed by atoms with E-state index < -0.39 is 12.5 Å². The van der Waals surface area contributed by atoms with E-state index in [1.165, 1.54) is 6.07 Å². The molecule has 0 atom stereocenters. The Hall–Kier alpha value is -4.12. The van der Waals surface area contributed by atoms with E-state index in [1.54, 1.807) is 71.1 Å². The molecule has 0 aliphatic rings. The first-order valence-corrected chi connectivity index (χ1v) is 11.0. The minimum atomic E-state index is -2.96. The van der Waals surface area contributed by atoms with Gasteiger partial charge in [0.2, 0.25) is 5.91 Å². The number of carbonyl (C=O) groups is 2. The molecule has 0 unspecified atom stereocenters. The van der Waals surface area contributed by atoms with Crippen molar-refractivity contribution in [3.05, 3.63) is 78.2 Å². The predicted octanol–water partition coefficient (Wildman–Crippen LogP) is 4.89. The van der Waals surface area contributed by atoms with E-state index in [9.17, 15) is 18.4 Å². The second-order valence-corrected chi connectivity index (χ2v) is 7.90. The average Bonchev–Trinajstić information content (AvgIpc) is 3.50. The van der Waals surface area contributed by atoms with Crippen molar-refractivity contribution in [2.45, 2.75) is 19.6 Å². The molecule has 0 aliphatic carbocycles. The summed E-state index contributed by atoms with van der Waals surface area (Å²) in [6.07, 6.45) is 5.30. The fourth-order valence-electron chi connectivity index (χ4n) is 3.11. The van der Waals surface area contributed by atoms with Gasteiger partial charge in [-0.05, 0) is 30.3 Å². The molecule has 4 aromatic rings. The fourth-order valence-corrected chi connectivity index (χ4v) is 3.82. The normalized spacial score (nSPS) is 10.8. The van der Waals surface area contributed by atoms with Crippen LogP contribution in [0.3, 0.4) is 0 Å². The van der Waals surface area contributed by atoms with E-state index in [2.05, 4.69) is 25.3 Å². The summed E-state index contributed by atoms with van der Waals surface area (Å²) in [4.78, 5) is 33.1. The highest BCUT2D eigenvalue weighted by Crippen LogP contribution is 2.33. The number of hydrogen-bond donors (Lipinski definition) is 2. The monoisotopic (exact) mass is 483 g/mol. The number of nitrogens with zero attached hydrogens (tertiary/aromatic N) is 3. The van der Waals surface area contributed by atoms with Gasteiger partial charge in [-0.15, -0.1) is 11.3 Å². The van der Waals surface area contributed by atoms with Crippen LogP contribution in [0.4, 0.5) is 19.6 Å². The molecule has 0 fully saturated rings. The van der Waals surface area contributed by atoms with Crippen molar-refractivity contribution in [2.75, 3.05) is 10.6 Å². The number of hydrogen-bond acceptors (Lipinski definition) is 6. The second-order valence-electron chi connectivity index (χ2n) is 7.05. The Balaban J connectivity index is 1.39. The molecule has 11 heteroatoms.